The van der Waals surface area contributed by atoms with Crippen LogP contribution in [0.5, 0.6) is 0 Å². The van der Waals surface area contributed by atoms with E-state index >= 15 is 0 Å². The average Bonchev–Trinajstić information content (AvgIpc) is 2.62. The van der Waals surface area contributed by atoms with Gasteiger partial charge in [0, 0.05) is 32.2 Å². The fourth-order valence-corrected chi connectivity index (χ4v) is 4.46. The summed E-state index contributed by atoms with van der Waals surface area (Å²) in [6.07, 6.45) is 5.00. The molecule has 9 heteroatoms. The first kappa shape index (κ1) is 19.7. The summed E-state index contributed by atoms with van der Waals surface area (Å²) in [6.45, 7) is 1.85. The zero-order chi connectivity index (χ0) is 19.4. The van der Waals surface area contributed by atoms with Crippen molar-refractivity contribution in [3.8, 4) is 0 Å². The van der Waals surface area contributed by atoms with Crippen molar-refractivity contribution >= 4 is 39.1 Å². The molecule has 2 aromatic rings. The Hall–Kier alpha value is -2.06. The number of rotatable bonds is 6. The summed E-state index contributed by atoms with van der Waals surface area (Å²) in [6, 6.07) is 6.81. The molecule has 1 saturated heterocycles. The van der Waals surface area contributed by atoms with Crippen LogP contribution in [0.4, 0.5) is 17.5 Å². The molecule has 2 heterocycles. The molecule has 0 radical (unpaired) electrons. The van der Waals surface area contributed by atoms with Gasteiger partial charge in [-0.05, 0) is 37.0 Å². The van der Waals surface area contributed by atoms with E-state index in [2.05, 4.69) is 19.6 Å². The fraction of sp³-hybridized carbons (Fsp3) is 0.444. The van der Waals surface area contributed by atoms with E-state index in [-0.39, 0.29) is 5.75 Å². The lowest BCUT2D eigenvalue weighted by Crippen LogP contribution is -2.31. The Morgan fingerprint density at radius 3 is 2.63 bits per heavy atom. The van der Waals surface area contributed by atoms with Crippen molar-refractivity contribution in [3.05, 3.63) is 41.0 Å². The van der Waals surface area contributed by atoms with Crippen molar-refractivity contribution in [1.29, 1.82) is 0 Å². The van der Waals surface area contributed by atoms with Gasteiger partial charge in [0.2, 0.25) is 16.0 Å². The minimum absolute atomic E-state index is 0.172. The topological polar surface area (TPSA) is 78.4 Å². The van der Waals surface area contributed by atoms with Gasteiger partial charge in [0.25, 0.3) is 0 Å². The number of nitrogens with zero attached hydrogens (tertiary/aromatic N) is 4. The molecule has 0 saturated carbocycles. The highest BCUT2D eigenvalue weighted by Crippen LogP contribution is 2.26. The molecule has 0 aliphatic carbocycles. The second-order valence-corrected chi connectivity index (χ2v) is 9.00. The molecule has 1 aromatic carbocycles. The van der Waals surface area contributed by atoms with E-state index in [0.717, 1.165) is 25.9 Å². The highest BCUT2D eigenvalue weighted by molar-refractivity contribution is 7.91. The highest BCUT2D eigenvalue weighted by atomic mass is 35.5. The molecule has 1 N–H and O–H groups in total. The van der Waals surface area contributed by atoms with Gasteiger partial charge in [0.15, 0.2) is 5.82 Å². The van der Waals surface area contributed by atoms with Gasteiger partial charge in [0.1, 0.15) is 5.69 Å². The Balaban J connectivity index is 1.82. The normalized spacial score (nSPS) is 14.9. The van der Waals surface area contributed by atoms with E-state index in [9.17, 15) is 8.42 Å². The Morgan fingerprint density at radius 2 is 1.96 bits per heavy atom. The fourth-order valence-electron chi connectivity index (χ4n) is 3.07. The second-order valence-electron chi connectivity index (χ2n) is 6.84. The van der Waals surface area contributed by atoms with Crippen molar-refractivity contribution in [2.24, 2.45) is 0 Å². The van der Waals surface area contributed by atoms with Crippen LogP contribution in [0, 0.1) is 0 Å². The lowest BCUT2D eigenvalue weighted by molar-refractivity contribution is 0.568. The molecular formula is C18H24ClN5O2S. The minimum atomic E-state index is -3.63. The number of hydrogen-bond acceptors (Lipinski definition) is 6. The number of hydrogen-bond donors (Lipinski definition) is 1. The van der Waals surface area contributed by atoms with Crippen LogP contribution in [-0.2, 0) is 15.8 Å². The Morgan fingerprint density at radius 1 is 1.22 bits per heavy atom. The molecule has 0 bridgehead atoms. The van der Waals surface area contributed by atoms with Gasteiger partial charge in [-0.15, -0.1) is 0 Å². The number of anilines is 3. The van der Waals surface area contributed by atoms with E-state index in [1.165, 1.54) is 6.42 Å². The van der Waals surface area contributed by atoms with E-state index < -0.39 is 10.0 Å². The minimum Gasteiger partial charge on any atom is -0.361 e. The molecule has 3 rings (SSSR count). The van der Waals surface area contributed by atoms with Crippen LogP contribution < -0.4 is 14.5 Å². The van der Waals surface area contributed by atoms with Crippen LogP contribution in [0.2, 0.25) is 5.02 Å². The smallest absolute Gasteiger partial charge is 0.237 e. The van der Waals surface area contributed by atoms with Gasteiger partial charge in [-0.1, -0.05) is 23.7 Å². The molecule has 0 unspecified atom stereocenters. The van der Waals surface area contributed by atoms with Gasteiger partial charge >= 0.3 is 0 Å². The molecule has 1 fully saturated rings. The van der Waals surface area contributed by atoms with Crippen molar-refractivity contribution < 1.29 is 8.42 Å². The maximum absolute atomic E-state index is 12.6. The molecule has 0 atom stereocenters. The van der Waals surface area contributed by atoms with E-state index in [0.29, 0.717) is 28.0 Å². The maximum Gasteiger partial charge on any atom is 0.237 e. The molecule has 1 aliphatic rings. The predicted octanol–water partition coefficient (Wildman–Crippen LogP) is 3.13. The van der Waals surface area contributed by atoms with Crippen LogP contribution in [0.1, 0.15) is 24.8 Å². The van der Waals surface area contributed by atoms with Gasteiger partial charge in [-0.25, -0.2) is 13.4 Å². The number of piperidine rings is 1. The van der Waals surface area contributed by atoms with Crippen LogP contribution in [-0.4, -0.2) is 45.6 Å². The molecule has 1 aromatic heterocycles. The number of halogens is 1. The standard InChI is InChI=1S/C18H24ClN5O2S/c1-23(2)17-16(12-20-18(21-17)24-9-4-3-5-10-24)22-27(25,26)13-14-7-6-8-15(19)11-14/h6-8,11-12,22H,3-5,9-10,13H2,1-2H3. The largest absolute Gasteiger partial charge is 0.361 e. The molecule has 146 valence electrons. The molecule has 0 spiro atoms. The zero-order valence-corrected chi connectivity index (χ0v) is 17.1. The average molecular weight is 410 g/mol. The second kappa shape index (κ2) is 8.31. The number of aromatic nitrogens is 2. The molecule has 0 amide bonds. The number of sulfonamides is 1. The van der Waals surface area contributed by atoms with Gasteiger partial charge < -0.3 is 9.80 Å². The monoisotopic (exact) mass is 409 g/mol. The van der Waals surface area contributed by atoms with Crippen molar-refractivity contribution in [2.45, 2.75) is 25.0 Å². The number of benzene rings is 1. The van der Waals surface area contributed by atoms with Crippen LogP contribution in [0.25, 0.3) is 0 Å². The quantitative estimate of drug-likeness (QED) is 0.789. The Labute approximate surface area is 165 Å². The molecular weight excluding hydrogens is 386 g/mol. The van der Waals surface area contributed by atoms with Crippen molar-refractivity contribution in [3.63, 3.8) is 0 Å². The first-order valence-electron chi connectivity index (χ1n) is 8.88. The third kappa shape index (κ3) is 5.23. The molecule has 7 nitrogen and oxygen atoms in total. The van der Waals surface area contributed by atoms with Gasteiger partial charge in [0.05, 0.1) is 11.9 Å². The van der Waals surface area contributed by atoms with Gasteiger partial charge in [-0.2, -0.15) is 4.98 Å². The Kier molecular flexibility index (Phi) is 6.06. The predicted molar refractivity (Wildman–Crippen MR) is 110 cm³/mol. The first-order valence-corrected chi connectivity index (χ1v) is 10.9. The van der Waals surface area contributed by atoms with Crippen LogP contribution >= 0.6 is 11.6 Å². The Bertz CT molecular complexity index is 898. The summed E-state index contributed by atoms with van der Waals surface area (Å²) in [5.41, 5.74) is 0.982. The summed E-state index contributed by atoms with van der Waals surface area (Å²) in [7, 11) is 0.0338. The lowest BCUT2D eigenvalue weighted by atomic mass is 10.1. The molecule has 1 aliphatic heterocycles. The molecule has 27 heavy (non-hydrogen) atoms. The third-order valence-electron chi connectivity index (χ3n) is 4.33. The van der Waals surface area contributed by atoms with E-state index in [1.54, 1.807) is 35.4 Å². The SMILES string of the molecule is CN(C)c1nc(N2CCCCC2)ncc1NS(=O)(=O)Cc1cccc(Cl)c1. The summed E-state index contributed by atoms with van der Waals surface area (Å²) < 4.78 is 27.8. The number of nitrogens with one attached hydrogen (secondary N) is 1. The summed E-state index contributed by atoms with van der Waals surface area (Å²) in [4.78, 5) is 12.9. The third-order valence-corrected chi connectivity index (χ3v) is 5.81. The maximum atomic E-state index is 12.6. The van der Waals surface area contributed by atoms with Crippen LogP contribution in [0.15, 0.2) is 30.5 Å². The van der Waals surface area contributed by atoms with Crippen molar-refractivity contribution in [1.82, 2.24) is 9.97 Å². The summed E-state index contributed by atoms with van der Waals surface area (Å²) in [5, 5.41) is 0.505. The van der Waals surface area contributed by atoms with E-state index in [4.69, 9.17) is 11.6 Å². The van der Waals surface area contributed by atoms with Crippen LogP contribution in [0.3, 0.4) is 0 Å². The lowest BCUT2D eigenvalue weighted by Gasteiger charge is -2.28. The highest BCUT2D eigenvalue weighted by Gasteiger charge is 2.20. The first-order chi connectivity index (χ1) is 12.8. The summed E-state index contributed by atoms with van der Waals surface area (Å²) >= 11 is 5.95. The van der Waals surface area contributed by atoms with Gasteiger partial charge in [-0.3, -0.25) is 4.72 Å². The van der Waals surface area contributed by atoms with E-state index in [1.807, 2.05) is 14.1 Å². The summed E-state index contributed by atoms with van der Waals surface area (Å²) in [5.74, 6) is 1.00. The zero-order valence-electron chi connectivity index (χ0n) is 15.5. The van der Waals surface area contributed by atoms with Crippen molar-refractivity contribution in [2.75, 3.05) is 41.7 Å².